The van der Waals surface area contributed by atoms with E-state index >= 15 is 0 Å². The highest BCUT2D eigenvalue weighted by Gasteiger charge is 2.22. The van der Waals surface area contributed by atoms with E-state index < -0.39 is 0 Å². The zero-order valence-corrected chi connectivity index (χ0v) is 18.6. The first kappa shape index (κ1) is 19.0. The Morgan fingerprint density at radius 2 is 0.654 bits per heavy atom. The third-order valence-corrected chi connectivity index (χ3v) is 7.19. The van der Waals surface area contributed by atoms with Crippen molar-refractivity contribution in [3.05, 3.63) is 55.6 Å². The molecule has 0 saturated heterocycles. The Kier molecular flexibility index (Phi) is 4.46. The summed E-state index contributed by atoms with van der Waals surface area (Å²) in [4.78, 5) is 0. The number of aryl methyl sites for hydroxylation is 5. The van der Waals surface area contributed by atoms with Crippen molar-refractivity contribution in [1.82, 2.24) is 0 Å². The molecule has 26 heavy (non-hydrogen) atoms. The first-order valence-electron chi connectivity index (χ1n) is 9.94. The van der Waals surface area contributed by atoms with Crippen molar-refractivity contribution in [1.29, 1.82) is 0 Å². The van der Waals surface area contributed by atoms with Crippen LogP contribution >= 0.6 is 0 Å². The van der Waals surface area contributed by atoms with Gasteiger partial charge in [-0.2, -0.15) is 0 Å². The van der Waals surface area contributed by atoms with Crippen molar-refractivity contribution in [3.63, 3.8) is 0 Å². The van der Waals surface area contributed by atoms with Crippen molar-refractivity contribution in [2.45, 2.75) is 82.1 Å². The lowest BCUT2D eigenvalue weighted by Crippen LogP contribution is -2.05. The van der Waals surface area contributed by atoms with Crippen LogP contribution in [-0.2, 0) is 0 Å². The van der Waals surface area contributed by atoms with Crippen LogP contribution in [0.3, 0.4) is 0 Å². The van der Waals surface area contributed by atoms with E-state index in [0.29, 0.717) is 5.92 Å². The molecule has 0 amide bonds. The van der Waals surface area contributed by atoms with Crippen LogP contribution in [0.5, 0.6) is 0 Å². The number of hydrogen-bond donors (Lipinski definition) is 0. The molecule has 138 valence electrons. The molecule has 0 saturated carbocycles. The summed E-state index contributed by atoms with van der Waals surface area (Å²) >= 11 is 0. The van der Waals surface area contributed by atoms with E-state index in [2.05, 4.69) is 76.2 Å². The molecule has 0 aromatic heterocycles. The minimum absolute atomic E-state index is 0.528. The molecular weight excluding hydrogens is 312 g/mol. The molecule has 0 aliphatic carbocycles. The van der Waals surface area contributed by atoms with Gasteiger partial charge in [0.15, 0.2) is 0 Å². The van der Waals surface area contributed by atoms with E-state index in [-0.39, 0.29) is 0 Å². The number of hydrogen-bond acceptors (Lipinski definition) is 0. The summed E-state index contributed by atoms with van der Waals surface area (Å²) in [6, 6.07) is 0. The molecule has 0 fully saturated rings. The highest BCUT2D eigenvalue weighted by molar-refractivity contribution is 6.11. The van der Waals surface area contributed by atoms with Gasteiger partial charge in [0.1, 0.15) is 0 Å². The number of benzene rings is 3. The molecule has 0 spiro atoms. The molecule has 0 nitrogen and oxygen atoms in total. The number of fused-ring (bicyclic) bond motifs is 2. The minimum atomic E-state index is 0.528. The van der Waals surface area contributed by atoms with Crippen molar-refractivity contribution < 1.29 is 0 Å². The summed E-state index contributed by atoms with van der Waals surface area (Å²) in [6.07, 6.45) is 0. The highest BCUT2D eigenvalue weighted by Crippen LogP contribution is 2.44. The van der Waals surface area contributed by atoms with E-state index in [1.165, 1.54) is 71.6 Å². The number of rotatable bonds is 1. The van der Waals surface area contributed by atoms with Gasteiger partial charge >= 0.3 is 0 Å². The van der Waals surface area contributed by atoms with E-state index in [4.69, 9.17) is 0 Å². The quantitative estimate of drug-likeness (QED) is 0.393. The average molecular weight is 347 g/mol. The monoisotopic (exact) mass is 346 g/mol. The molecule has 0 N–H and O–H groups in total. The van der Waals surface area contributed by atoms with Gasteiger partial charge in [-0.05, 0) is 145 Å². The normalized spacial score (nSPS) is 12.0. The topological polar surface area (TPSA) is 0 Å². The second-order valence-corrected chi connectivity index (χ2v) is 8.69. The zero-order valence-electron chi connectivity index (χ0n) is 18.6. The Balaban J connectivity index is 2.82. The van der Waals surface area contributed by atoms with Gasteiger partial charge in [0.05, 0.1) is 0 Å². The fraction of sp³-hybridized carbons (Fsp3) is 0.462. The van der Waals surface area contributed by atoms with Gasteiger partial charge < -0.3 is 0 Å². The van der Waals surface area contributed by atoms with Crippen LogP contribution in [0.2, 0.25) is 0 Å². The van der Waals surface area contributed by atoms with E-state index in [1.54, 1.807) is 5.56 Å². The second kappa shape index (κ2) is 6.12. The third-order valence-electron chi connectivity index (χ3n) is 7.19. The lowest BCUT2D eigenvalue weighted by molar-refractivity contribution is 0.862. The summed E-state index contributed by atoms with van der Waals surface area (Å²) in [6.45, 7) is 25.5. The summed E-state index contributed by atoms with van der Waals surface area (Å²) in [7, 11) is 0. The molecule has 0 bridgehead atoms. The van der Waals surface area contributed by atoms with Crippen molar-refractivity contribution in [2.24, 2.45) is 0 Å². The SMILES string of the molecule is Cc1c(C)c(C)c2c(C)c3c(C(C)C)c(C)c(C)c(C)c3c(C)c2c1C. The van der Waals surface area contributed by atoms with Crippen LogP contribution in [0.25, 0.3) is 21.5 Å². The third kappa shape index (κ3) is 2.27. The summed E-state index contributed by atoms with van der Waals surface area (Å²) < 4.78 is 0. The maximum Gasteiger partial charge on any atom is -0.0105 e. The average Bonchev–Trinajstić information content (AvgIpc) is 2.58. The maximum atomic E-state index is 2.35. The standard InChI is InChI=1S/C26H34/c1-12(2)22-16(6)15(5)19(9)25-20(10)23-17(7)13(3)14(4)18(8)24(23)21(11)26(22)25/h12H,1-11H3. The van der Waals surface area contributed by atoms with Crippen LogP contribution < -0.4 is 0 Å². The molecule has 0 radical (unpaired) electrons. The molecule has 0 atom stereocenters. The van der Waals surface area contributed by atoms with E-state index in [0.717, 1.165) is 0 Å². The summed E-state index contributed by atoms with van der Waals surface area (Å²) in [5, 5.41) is 5.97. The van der Waals surface area contributed by atoms with Crippen LogP contribution in [0.1, 0.15) is 75.4 Å². The lowest BCUT2D eigenvalue weighted by atomic mass is 9.78. The molecular formula is C26H34. The van der Waals surface area contributed by atoms with Gasteiger partial charge in [-0.1, -0.05) is 13.8 Å². The Bertz CT molecular complexity index is 1080. The summed E-state index contributed by atoms with van der Waals surface area (Å²) in [5.74, 6) is 0.528. The van der Waals surface area contributed by atoms with Gasteiger partial charge in [-0.3, -0.25) is 0 Å². The Morgan fingerprint density at radius 3 is 1.04 bits per heavy atom. The highest BCUT2D eigenvalue weighted by atomic mass is 14.3. The van der Waals surface area contributed by atoms with E-state index in [1.807, 2.05) is 0 Å². The predicted molar refractivity (Wildman–Crippen MR) is 118 cm³/mol. The summed E-state index contributed by atoms with van der Waals surface area (Å²) in [5.41, 5.74) is 14.7. The van der Waals surface area contributed by atoms with Crippen LogP contribution in [0, 0.1) is 62.3 Å². The lowest BCUT2D eigenvalue weighted by Gasteiger charge is -2.26. The van der Waals surface area contributed by atoms with Crippen molar-refractivity contribution in [3.8, 4) is 0 Å². The van der Waals surface area contributed by atoms with Gasteiger partial charge in [0, 0.05) is 0 Å². The molecule has 0 aliphatic rings. The fourth-order valence-corrected chi connectivity index (χ4v) is 5.26. The molecule has 3 aromatic carbocycles. The smallest absolute Gasteiger partial charge is 0.0105 e. The first-order chi connectivity index (χ1) is 12.0. The Labute approximate surface area is 159 Å². The molecule has 3 rings (SSSR count). The van der Waals surface area contributed by atoms with Crippen LogP contribution in [0.4, 0.5) is 0 Å². The van der Waals surface area contributed by atoms with Gasteiger partial charge in [0.25, 0.3) is 0 Å². The zero-order chi connectivity index (χ0) is 19.7. The molecule has 0 heteroatoms. The van der Waals surface area contributed by atoms with Gasteiger partial charge in [-0.25, -0.2) is 0 Å². The Hall–Kier alpha value is -1.82. The van der Waals surface area contributed by atoms with Crippen molar-refractivity contribution >= 4 is 21.5 Å². The minimum Gasteiger partial charge on any atom is -0.0586 e. The fourth-order valence-electron chi connectivity index (χ4n) is 5.26. The first-order valence-corrected chi connectivity index (χ1v) is 9.94. The Morgan fingerprint density at radius 1 is 0.346 bits per heavy atom. The second-order valence-electron chi connectivity index (χ2n) is 8.69. The van der Waals surface area contributed by atoms with Gasteiger partial charge in [-0.15, -0.1) is 0 Å². The van der Waals surface area contributed by atoms with Crippen LogP contribution in [-0.4, -0.2) is 0 Å². The van der Waals surface area contributed by atoms with Crippen LogP contribution in [0.15, 0.2) is 0 Å². The van der Waals surface area contributed by atoms with Gasteiger partial charge in [0.2, 0.25) is 0 Å². The van der Waals surface area contributed by atoms with Crippen molar-refractivity contribution in [2.75, 3.05) is 0 Å². The molecule has 3 aromatic rings. The molecule has 0 aliphatic heterocycles. The molecule has 0 heterocycles. The van der Waals surface area contributed by atoms with E-state index in [9.17, 15) is 0 Å². The largest absolute Gasteiger partial charge is 0.0586 e. The maximum absolute atomic E-state index is 2.35. The predicted octanol–water partition coefficient (Wildman–Crippen LogP) is 7.89. The molecule has 0 unspecified atom stereocenters.